The second-order valence-electron chi connectivity index (χ2n) is 6.00. The summed E-state index contributed by atoms with van der Waals surface area (Å²) in [6.07, 6.45) is 0.685. The highest BCUT2D eigenvalue weighted by molar-refractivity contribution is 5.94. The lowest BCUT2D eigenvalue weighted by molar-refractivity contribution is 0.0951. The number of aryl methyl sites for hydroxylation is 1. The van der Waals surface area contributed by atoms with E-state index < -0.39 is 0 Å². The summed E-state index contributed by atoms with van der Waals surface area (Å²) in [6.45, 7) is 2.51. The number of amides is 1. The average molecular weight is 403 g/mol. The van der Waals surface area contributed by atoms with Gasteiger partial charge < -0.3 is 20.3 Å². The molecule has 8 heteroatoms. The Hall–Kier alpha value is -2.90. The van der Waals surface area contributed by atoms with Gasteiger partial charge in [-0.15, -0.1) is 12.4 Å². The van der Waals surface area contributed by atoms with Gasteiger partial charge in [0, 0.05) is 24.6 Å². The molecule has 0 aliphatic rings. The number of carbonyl (C=O) groups excluding carboxylic acids is 1. The van der Waals surface area contributed by atoms with Crippen molar-refractivity contribution in [1.29, 1.82) is 0 Å². The zero-order valence-electron chi connectivity index (χ0n) is 15.5. The summed E-state index contributed by atoms with van der Waals surface area (Å²) in [7, 11) is 0. The number of nitrogens with two attached hydrogens (primary N) is 1. The van der Waals surface area contributed by atoms with Crippen LogP contribution in [-0.4, -0.2) is 22.6 Å². The van der Waals surface area contributed by atoms with E-state index >= 15 is 0 Å². The van der Waals surface area contributed by atoms with E-state index in [9.17, 15) is 4.79 Å². The number of carbonyl (C=O) groups is 1. The molecule has 0 saturated heterocycles. The zero-order valence-corrected chi connectivity index (χ0v) is 16.3. The highest BCUT2D eigenvalue weighted by atomic mass is 35.5. The minimum atomic E-state index is -0.249. The number of nitrogens with one attached hydrogen (secondary N) is 1. The first kappa shape index (κ1) is 21.4. The monoisotopic (exact) mass is 402 g/mol. The Morgan fingerprint density at radius 3 is 2.54 bits per heavy atom. The smallest absolute Gasteiger partial charge is 0.251 e. The van der Waals surface area contributed by atoms with Gasteiger partial charge in [0.15, 0.2) is 6.61 Å². The SMILES string of the molecule is CCc1nc(COc2ccc(C(=O)NCC(N)c3ccccc3)cc2)no1.Cl. The second kappa shape index (κ2) is 10.4. The minimum absolute atomic E-state index is 0. The molecule has 7 nitrogen and oxygen atoms in total. The average Bonchev–Trinajstić information content (AvgIpc) is 3.19. The van der Waals surface area contributed by atoms with Gasteiger partial charge in [0.25, 0.3) is 5.91 Å². The third kappa shape index (κ3) is 5.80. The molecule has 0 saturated carbocycles. The van der Waals surface area contributed by atoms with Crippen LogP contribution in [0.2, 0.25) is 0 Å². The van der Waals surface area contributed by atoms with Crippen molar-refractivity contribution in [3.05, 3.63) is 77.4 Å². The molecule has 0 fully saturated rings. The van der Waals surface area contributed by atoms with Gasteiger partial charge in [0.1, 0.15) is 5.75 Å². The van der Waals surface area contributed by atoms with Crippen molar-refractivity contribution in [3.8, 4) is 5.75 Å². The molecule has 0 aliphatic carbocycles. The van der Waals surface area contributed by atoms with Crippen LogP contribution >= 0.6 is 12.4 Å². The molecule has 3 N–H and O–H groups in total. The third-order valence-corrected chi connectivity index (χ3v) is 4.01. The van der Waals surface area contributed by atoms with Crippen LogP contribution in [0.3, 0.4) is 0 Å². The van der Waals surface area contributed by atoms with Gasteiger partial charge in [-0.2, -0.15) is 4.98 Å². The molecule has 0 spiro atoms. The fourth-order valence-electron chi connectivity index (χ4n) is 2.47. The molecule has 3 aromatic rings. The van der Waals surface area contributed by atoms with Crippen LogP contribution in [0.25, 0.3) is 0 Å². The Morgan fingerprint density at radius 2 is 1.89 bits per heavy atom. The third-order valence-electron chi connectivity index (χ3n) is 4.01. The fraction of sp³-hybridized carbons (Fsp3) is 0.250. The van der Waals surface area contributed by atoms with Crippen LogP contribution in [0.1, 0.15) is 40.6 Å². The molecule has 0 aliphatic heterocycles. The van der Waals surface area contributed by atoms with Gasteiger partial charge in [-0.1, -0.05) is 42.4 Å². The van der Waals surface area contributed by atoms with Crippen molar-refractivity contribution in [3.63, 3.8) is 0 Å². The first-order valence-electron chi connectivity index (χ1n) is 8.78. The van der Waals surface area contributed by atoms with Gasteiger partial charge in [-0.25, -0.2) is 0 Å². The summed E-state index contributed by atoms with van der Waals surface area (Å²) in [5.74, 6) is 1.51. The van der Waals surface area contributed by atoms with Crippen molar-refractivity contribution in [2.45, 2.75) is 26.0 Å². The quantitative estimate of drug-likeness (QED) is 0.600. The van der Waals surface area contributed by atoms with Gasteiger partial charge in [-0.3, -0.25) is 4.79 Å². The molecular formula is C20H23ClN4O3. The largest absolute Gasteiger partial charge is 0.485 e. The lowest BCUT2D eigenvalue weighted by Gasteiger charge is -2.13. The van der Waals surface area contributed by atoms with E-state index in [0.29, 0.717) is 36.0 Å². The molecule has 2 aromatic carbocycles. The summed E-state index contributed by atoms with van der Waals surface area (Å²) in [4.78, 5) is 16.4. The molecule has 1 amide bonds. The topological polar surface area (TPSA) is 103 Å². The van der Waals surface area contributed by atoms with Gasteiger partial charge in [0.05, 0.1) is 0 Å². The molecule has 3 rings (SSSR count). The highest BCUT2D eigenvalue weighted by Crippen LogP contribution is 2.14. The number of rotatable bonds is 8. The van der Waals surface area contributed by atoms with Crippen molar-refractivity contribution in [2.24, 2.45) is 5.73 Å². The molecule has 1 atom stereocenters. The van der Waals surface area contributed by atoms with E-state index in [-0.39, 0.29) is 31.0 Å². The maximum absolute atomic E-state index is 12.3. The van der Waals surface area contributed by atoms with Crippen LogP contribution in [0.4, 0.5) is 0 Å². The number of ether oxygens (including phenoxy) is 1. The lowest BCUT2D eigenvalue weighted by Crippen LogP contribution is -2.31. The van der Waals surface area contributed by atoms with E-state index in [4.69, 9.17) is 15.0 Å². The summed E-state index contributed by atoms with van der Waals surface area (Å²) in [6, 6.07) is 16.3. The number of nitrogens with zero attached hydrogens (tertiary/aromatic N) is 2. The van der Waals surface area contributed by atoms with E-state index in [0.717, 1.165) is 5.56 Å². The highest BCUT2D eigenvalue weighted by Gasteiger charge is 2.10. The molecule has 0 radical (unpaired) electrons. The van der Waals surface area contributed by atoms with E-state index in [1.807, 2.05) is 37.3 Å². The molecule has 0 bridgehead atoms. The molecule has 1 aromatic heterocycles. The molecule has 1 heterocycles. The summed E-state index contributed by atoms with van der Waals surface area (Å²) >= 11 is 0. The summed E-state index contributed by atoms with van der Waals surface area (Å²) < 4.78 is 10.6. The van der Waals surface area contributed by atoms with Gasteiger partial charge in [0.2, 0.25) is 11.7 Å². The predicted octanol–water partition coefficient (Wildman–Crippen LogP) is 3.06. The van der Waals surface area contributed by atoms with Crippen molar-refractivity contribution in [1.82, 2.24) is 15.5 Å². The Balaban J connectivity index is 0.00000280. The maximum Gasteiger partial charge on any atom is 0.251 e. The van der Waals surface area contributed by atoms with E-state index in [1.54, 1.807) is 24.3 Å². The first-order chi connectivity index (χ1) is 13.2. The van der Waals surface area contributed by atoms with Crippen molar-refractivity contribution < 1.29 is 14.1 Å². The molecule has 1 unspecified atom stereocenters. The van der Waals surface area contributed by atoms with Crippen LogP contribution in [0.5, 0.6) is 5.75 Å². The minimum Gasteiger partial charge on any atom is -0.485 e. The zero-order chi connectivity index (χ0) is 19.1. The number of aromatic nitrogens is 2. The van der Waals surface area contributed by atoms with E-state index in [2.05, 4.69) is 15.5 Å². The number of benzene rings is 2. The maximum atomic E-state index is 12.3. The number of halogens is 1. The van der Waals surface area contributed by atoms with E-state index in [1.165, 1.54) is 0 Å². The number of hydrogen-bond donors (Lipinski definition) is 2. The number of hydrogen-bond acceptors (Lipinski definition) is 6. The molecule has 28 heavy (non-hydrogen) atoms. The normalized spacial score (nSPS) is 11.4. The summed E-state index contributed by atoms with van der Waals surface area (Å²) in [5.41, 5.74) is 7.62. The Bertz CT molecular complexity index is 869. The van der Waals surface area contributed by atoms with Crippen molar-refractivity contribution in [2.75, 3.05) is 6.54 Å². The second-order valence-corrected chi connectivity index (χ2v) is 6.00. The Morgan fingerprint density at radius 1 is 1.18 bits per heavy atom. The lowest BCUT2D eigenvalue weighted by atomic mass is 10.1. The van der Waals surface area contributed by atoms with Crippen LogP contribution in [0, 0.1) is 0 Å². The van der Waals surface area contributed by atoms with Crippen LogP contribution in [0.15, 0.2) is 59.1 Å². The van der Waals surface area contributed by atoms with Gasteiger partial charge in [-0.05, 0) is 29.8 Å². The predicted molar refractivity (Wildman–Crippen MR) is 107 cm³/mol. The Kier molecular flexibility index (Phi) is 7.98. The fourth-order valence-corrected chi connectivity index (χ4v) is 2.47. The van der Waals surface area contributed by atoms with Gasteiger partial charge >= 0.3 is 0 Å². The molecule has 148 valence electrons. The standard InChI is InChI=1S/C20H22N4O3.ClH/c1-2-19-23-18(24-27-19)13-26-16-10-8-15(9-11-16)20(25)22-12-17(21)14-6-4-3-5-7-14;/h3-11,17H,2,12-13,21H2,1H3,(H,22,25);1H. The molecular weight excluding hydrogens is 380 g/mol. The summed E-state index contributed by atoms with van der Waals surface area (Å²) in [5, 5.41) is 6.67. The first-order valence-corrected chi connectivity index (χ1v) is 8.78. The van der Waals surface area contributed by atoms with Crippen molar-refractivity contribution >= 4 is 18.3 Å². The van der Waals surface area contributed by atoms with Crippen LogP contribution in [-0.2, 0) is 13.0 Å². The van der Waals surface area contributed by atoms with Crippen LogP contribution < -0.4 is 15.8 Å². The Labute approximate surface area is 169 Å².